The molecule has 0 aliphatic rings. The van der Waals surface area contributed by atoms with Gasteiger partial charge in [0.25, 0.3) is 5.69 Å². The van der Waals surface area contributed by atoms with Crippen LogP contribution in [0.1, 0.15) is 11.1 Å². The van der Waals surface area contributed by atoms with Crippen molar-refractivity contribution in [3.63, 3.8) is 0 Å². The molecule has 0 aliphatic heterocycles. The Kier molecular flexibility index (Phi) is 14.9. The molecule has 0 bridgehead atoms. The third-order valence-corrected chi connectivity index (χ3v) is 11.0. The van der Waals surface area contributed by atoms with Crippen molar-refractivity contribution in [2.24, 2.45) is 20.5 Å². The van der Waals surface area contributed by atoms with Crippen molar-refractivity contribution in [1.29, 1.82) is 0 Å². The SMILES string of the molecule is Cc1ccc(S(=O)(=O)Oc2ccc(N=Nc3ccc(N=Nc4ccc(Nc5ccc([N+](=O)[O-])cc5S(=O)(=O)[O-])cc4)c4ccc(S(=O)(=O)[O-])cc34)cc2C)cc1.[Na+].[Na+]. The maximum atomic E-state index is 12.8. The van der Waals surface area contributed by atoms with Crippen LogP contribution in [0.4, 0.5) is 39.8 Å². The van der Waals surface area contributed by atoms with Gasteiger partial charge in [0.15, 0.2) is 0 Å². The summed E-state index contributed by atoms with van der Waals surface area (Å²) in [7, 11) is -14.0. The Balaban J connectivity index is 0.00000372. The average molecular weight is 861 g/mol. The number of nitro groups is 1. The first-order valence-corrected chi connectivity index (χ1v) is 20.2. The maximum absolute atomic E-state index is 12.8. The number of hydrogen-bond donors (Lipinski definition) is 1. The molecule has 6 aromatic rings. The molecule has 0 saturated carbocycles. The molecule has 17 nitrogen and oxygen atoms in total. The second kappa shape index (κ2) is 18.6. The number of rotatable bonds is 12. The fourth-order valence-corrected chi connectivity index (χ4v) is 7.35. The number of non-ortho nitro benzene ring substituents is 1. The standard InChI is InChI=1S/C36H28N6O11S3.2Na/c1-22-3-11-28(12-4-22)56(51,52)53-35-18-9-26(19-23(35)2)39-41-33-17-16-32(30-14-13-29(21-31(30)33)54(45,46)47)40-38-25-7-5-24(6-8-25)37-34-15-10-27(42(43)44)20-36(34)55(48,49)50;;/h3-21,37H,1-2H3,(H,45,46,47)(H,48,49,50);;/q;2*+1/p-2. The van der Waals surface area contributed by atoms with E-state index in [1.165, 1.54) is 60.7 Å². The summed E-state index contributed by atoms with van der Waals surface area (Å²) in [5.41, 5.74) is 1.96. The molecule has 6 aromatic carbocycles. The predicted molar refractivity (Wildman–Crippen MR) is 201 cm³/mol. The molecule has 0 spiro atoms. The van der Waals surface area contributed by atoms with Crippen LogP contribution < -0.4 is 68.6 Å². The number of benzene rings is 6. The van der Waals surface area contributed by atoms with E-state index in [2.05, 4.69) is 25.8 Å². The molecule has 0 aromatic heterocycles. The molecule has 0 amide bonds. The summed E-state index contributed by atoms with van der Waals surface area (Å²) in [6.07, 6.45) is 0. The van der Waals surface area contributed by atoms with E-state index < -0.39 is 50.8 Å². The van der Waals surface area contributed by atoms with E-state index in [0.717, 1.165) is 29.8 Å². The van der Waals surface area contributed by atoms with Crippen molar-refractivity contribution < 1.29 is 103 Å². The van der Waals surface area contributed by atoms with Crippen LogP contribution in [0, 0.1) is 24.0 Å². The van der Waals surface area contributed by atoms with E-state index in [9.17, 15) is 44.5 Å². The van der Waals surface area contributed by atoms with Crippen molar-refractivity contribution in [2.75, 3.05) is 5.32 Å². The van der Waals surface area contributed by atoms with Crippen LogP contribution >= 0.6 is 0 Å². The number of anilines is 2. The van der Waals surface area contributed by atoms with Gasteiger partial charge >= 0.3 is 69.2 Å². The molecule has 286 valence electrons. The summed E-state index contributed by atoms with van der Waals surface area (Å²) in [6.45, 7) is 3.45. The van der Waals surface area contributed by atoms with Gasteiger partial charge < -0.3 is 18.6 Å². The molecule has 22 heteroatoms. The smallest absolute Gasteiger partial charge is 0.744 e. The second-order valence-electron chi connectivity index (χ2n) is 12.0. The molecule has 58 heavy (non-hydrogen) atoms. The molecule has 0 radical (unpaired) electrons. The van der Waals surface area contributed by atoms with Gasteiger partial charge in [-0.25, -0.2) is 16.8 Å². The number of hydrogen-bond acceptors (Lipinski definition) is 16. The minimum absolute atomic E-state index is 0. The zero-order valence-corrected chi connectivity index (χ0v) is 37.4. The van der Waals surface area contributed by atoms with Gasteiger partial charge in [0, 0.05) is 28.6 Å². The van der Waals surface area contributed by atoms with Crippen molar-refractivity contribution >= 4 is 80.9 Å². The van der Waals surface area contributed by atoms with E-state index in [-0.39, 0.29) is 92.2 Å². The molecule has 0 aliphatic carbocycles. The molecule has 0 unspecified atom stereocenters. The number of nitro benzene ring substituents is 1. The third kappa shape index (κ3) is 11.2. The molecule has 0 fully saturated rings. The van der Waals surface area contributed by atoms with Crippen molar-refractivity contribution in [2.45, 2.75) is 28.5 Å². The van der Waals surface area contributed by atoms with E-state index in [1.54, 1.807) is 31.2 Å². The first-order valence-electron chi connectivity index (χ1n) is 16.0. The van der Waals surface area contributed by atoms with Crippen LogP contribution in [0.25, 0.3) is 10.8 Å². The van der Waals surface area contributed by atoms with Crippen LogP contribution in [-0.2, 0) is 30.4 Å². The Hall–Kier alpha value is -4.45. The summed E-state index contributed by atoms with van der Waals surface area (Å²) >= 11 is 0. The van der Waals surface area contributed by atoms with E-state index >= 15 is 0 Å². The maximum Gasteiger partial charge on any atom is 1.00 e. The molecule has 0 heterocycles. The van der Waals surface area contributed by atoms with Crippen LogP contribution in [0.2, 0.25) is 0 Å². The summed E-state index contributed by atoms with van der Waals surface area (Å²) in [4.78, 5) is 8.91. The fourth-order valence-electron chi connectivity index (χ4n) is 5.21. The van der Waals surface area contributed by atoms with Gasteiger partial charge in [-0.1, -0.05) is 23.8 Å². The van der Waals surface area contributed by atoms with Gasteiger partial charge in [-0.05, 0) is 104 Å². The van der Waals surface area contributed by atoms with Crippen LogP contribution in [0.5, 0.6) is 5.75 Å². The summed E-state index contributed by atoms with van der Waals surface area (Å²) in [5.74, 6) is 0.0780. The van der Waals surface area contributed by atoms with Crippen molar-refractivity contribution in [1.82, 2.24) is 0 Å². The zero-order chi connectivity index (χ0) is 40.4. The topological polar surface area (TPSA) is 262 Å². The van der Waals surface area contributed by atoms with Crippen molar-refractivity contribution in [3.05, 3.63) is 137 Å². The Bertz CT molecular complexity index is 2930. The average Bonchev–Trinajstić information content (AvgIpc) is 3.14. The summed E-state index contributed by atoms with van der Waals surface area (Å²) < 4.78 is 102. The van der Waals surface area contributed by atoms with Gasteiger partial charge in [0.05, 0.1) is 43.2 Å². The van der Waals surface area contributed by atoms with E-state index in [4.69, 9.17) is 4.18 Å². The summed E-state index contributed by atoms with van der Waals surface area (Å²) in [6, 6.07) is 26.1. The predicted octanol–water partition coefficient (Wildman–Crippen LogP) is 2.52. The monoisotopic (exact) mass is 860 g/mol. The van der Waals surface area contributed by atoms with Crippen LogP contribution in [0.15, 0.2) is 150 Å². The first kappa shape index (κ1) is 46.2. The van der Waals surface area contributed by atoms with Gasteiger partial charge in [0.2, 0.25) is 0 Å². The Labute approximate surface area is 376 Å². The number of nitrogens with one attached hydrogen (secondary N) is 1. The Morgan fingerprint density at radius 2 is 1.19 bits per heavy atom. The molecular formula is C36H26N6Na2O11S3. The van der Waals surface area contributed by atoms with Gasteiger partial charge in [-0.15, -0.1) is 10.2 Å². The fraction of sp³-hybridized carbons (Fsp3) is 0.0556. The molecule has 1 N–H and O–H groups in total. The van der Waals surface area contributed by atoms with Gasteiger partial charge in [-0.2, -0.15) is 18.6 Å². The van der Waals surface area contributed by atoms with Crippen LogP contribution in [0.3, 0.4) is 0 Å². The quantitative estimate of drug-likeness (QED) is 0.0465. The third-order valence-electron chi connectivity index (χ3n) is 8.04. The Morgan fingerprint density at radius 3 is 1.78 bits per heavy atom. The van der Waals surface area contributed by atoms with Gasteiger partial charge in [-0.3, -0.25) is 10.1 Å². The molecule has 6 rings (SSSR count). The van der Waals surface area contributed by atoms with Crippen LogP contribution in [-0.4, -0.2) is 39.3 Å². The largest absolute Gasteiger partial charge is 1.00 e. The van der Waals surface area contributed by atoms with E-state index in [0.29, 0.717) is 34.1 Å². The zero-order valence-electron chi connectivity index (χ0n) is 30.9. The number of fused-ring (bicyclic) bond motifs is 1. The second-order valence-corrected chi connectivity index (χ2v) is 16.3. The minimum atomic E-state index is -5.06. The van der Waals surface area contributed by atoms with Gasteiger partial charge in [0.1, 0.15) is 30.9 Å². The number of aryl methyl sites for hydroxylation is 2. The number of azo groups is 2. The molecular weight excluding hydrogens is 835 g/mol. The van der Waals surface area contributed by atoms with E-state index in [1.807, 2.05) is 6.92 Å². The summed E-state index contributed by atoms with van der Waals surface area (Å²) in [5, 5.41) is 31.4. The number of nitrogens with zero attached hydrogens (tertiary/aromatic N) is 5. The normalized spacial score (nSPS) is 11.9. The molecule has 0 saturated heterocycles. The van der Waals surface area contributed by atoms with Crippen molar-refractivity contribution in [3.8, 4) is 5.75 Å². The minimum Gasteiger partial charge on any atom is -0.744 e. The molecule has 0 atom stereocenters. The Morgan fingerprint density at radius 1 is 0.603 bits per heavy atom. The first-order chi connectivity index (χ1) is 26.4.